The quantitative estimate of drug-likeness (QED) is 0.846. The highest BCUT2D eigenvalue weighted by molar-refractivity contribution is 5.38. The van der Waals surface area contributed by atoms with Gasteiger partial charge >= 0.3 is 0 Å². The Labute approximate surface area is 116 Å². The molecule has 4 heteroatoms. The number of pyridine rings is 1. The third-order valence-corrected chi connectivity index (χ3v) is 3.97. The molecule has 2 rings (SSSR count). The average molecular weight is 262 g/mol. The van der Waals surface area contributed by atoms with E-state index in [9.17, 15) is 0 Å². The van der Waals surface area contributed by atoms with Crippen molar-refractivity contribution in [1.82, 2.24) is 15.2 Å². The Kier molecular flexibility index (Phi) is 5.16. The van der Waals surface area contributed by atoms with E-state index in [2.05, 4.69) is 46.2 Å². The highest BCUT2D eigenvalue weighted by atomic mass is 15.2. The van der Waals surface area contributed by atoms with Gasteiger partial charge in [0, 0.05) is 32.4 Å². The monoisotopic (exact) mass is 262 g/mol. The molecule has 19 heavy (non-hydrogen) atoms. The molecule has 1 aromatic heterocycles. The Balaban J connectivity index is 1.93. The van der Waals surface area contributed by atoms with E-state index in [1.807, 2.05) is 13.2 Å². The molecular formula is C15H26N4. The summed E-state index contributed by atoms with van der Waals surface area (Å²) in [5.41, 5.74) is 1.23. The predicted molar refractivity (Wildman–Crippen MR) is 80.5 cm³/mol. The molecule has 1 aliphatic rings. The summed E-state index contributed by atoms with van der Waals surface area (Å²) in [6, 6.07) is 4.97. The standard InChI is InChI=1S/C15H26N4/c1-4-19-9-5-6-14(19)12-18(3)15-8-7-13(10-16-2)11-17-15/h7-8,11,14,16H,4-6,9-10,12H2,1-3H3. The van der Waals surface area contributed by atoms with E-state index < -0.39 is 0 Å². The molecule has 0 aromatic carbocycles. The molecule has 0 aliphatic carbocycles. The van der Waals surface area contributed by atoms with E-state index in [0.717, 1.165) is 25.5 Å². The fraction of sp³-hybridized carbons (Fsp3) is 0.667. The Morgan fingerprint density at radius 1 is 1.47 bits per heavy atom. The molecule has 0 amide bonds. The van der Waals surface area contributed by atoms with Crippen LogP contribution < -0.4 is 10.2 Å². The van der Waals surface area contributed by atoms with Gasteiger partial charge in [0.15, 0.2) is 0 Å². The second-order valence-corrected chi connectivity index (χ2v) is 5.36. The van der Waals surface area contributed by atoms with Gasteiger partial charge in [0.2, 0.25) is 0 Å². The lowest BCUT2D eigenvalue weighted by Gasteiger charge is -2.28. The van der Waals surface area contributed by atoms with Crippen LogP contribution in [0.3, 0.4) is 0 Å². The molecule has 1 aromatic rings. The van der Waals surface area contributed by atoms with Crippen molar-refractivity contribution in [3.8, 4) is 0 Å². The normalized spacial score (nSPS) is 19.8. The second kappa shape index (κ2) is 6.87. The van der Waals surface area contributed by atoms with Gasteiger partial charge in [-0.25, -0.2) is 4.98 Å². The lowest BCUT2D eigenvalue weighted by molar-refractivity contribution is 0.270. The summed E-state index contributed by atoms with van der Waals surface area (Å²) < 4.78 is 0. The number of rotatable bonds is 6. The van der Waals surface area contributed by atoms with Crippen LogP contribution in [-0.2, 0) is 6.54 Å². The summed E-state index contributed by atoms with van der Waals surface area (Å²) in [5.74, 6) is 1.07. The molecule has 1 unspecified atom stereocenters. The molecule has 0 spiro atoms. The van der Waals surface area contributed by atoms with Crippen LogP contribution in [0.2, 0.25) is 0 Å². The molecule has 106 valence electrons. The van der Waals surface area contributed by atoms with Crippen LogP contribution in [0.4, 0.5) is 5.82 Å². The number of hydrogen-bond acceptors (Lipinski definition) is 4. The number of likely N-dealkylation sites (N-methyl/N-ethyl adjacent to an activating group) is 2. The summed E-state index contributed by atoms with van der Waals surface area (Å²) in [5, 5.41) is 3.14. The third-order valence-electron chi connectivity index (χ3n) is 3.97. The first-order valence-electron chi connectivity index (χ1n) is 7.29. The zero-order valence-corrected chi connectivity index (χ0v) is 12.4. The van der Waals surface area contributed by atoms with Gasteiger partial charge in [0.05, 0.1) is 0 Å². The van der Waals surface area contributed by atoms with E-state index in [1.54, 1.807) is 0 Å². The maximum atomic E-state index is 4.56. The van der Waals surface area contributed by atoms with Crippen molar-refractivity contribution >= 4 is 5.82 Å². The van der Waals surface area contributed by atoms with E-state index >= 15 is 0 Å². The van der Waals surface area contributed by atoms with Crippen molar-refractivity contribution in [2.75, 3.05) is 38.6 Å². The van der Waals surface area contributed by atoms with Gasteiger partial charge in [-0.05, 0) is 44.6 Å². The first kappa shape index (κ1) is 14.3. The van der Waals surface area contributed by atoms with Crippen LogP contribution in [0, 0.1) is 0 Å². The molecule has 1 fully saturated rings. The lowest BCUT2D eigenvalue weighted by atomic mass is 10.2. The van der Waals surface area contributed by atoms with Gasteiger partial charge in [-0.2, -0.15) is 0 Å². The molecular weight excluding hydrogens is 236 g/mol. The predicted octanol–water partition coefficient (Wildman–Crippen LogP) is 1.72. The van der Waals surface area contributed by atoms with E-state index in [0.29, 0.717) is 6.04 Å². The fourth-order valence-electron chi connectivity index (χ4n) is 2.88. The van der Waals surface area contributed by atoms with E-state index in [1.165, 1.54) is 24.9 Å². The number of nitrogens with zero attached hydrogens (tertiary/aromatic N) is 3. The van der Waals surface area contributed by atoms with Crippen LogP contribution in [0.5, 0.6) is 0 Å². The zero-order chi connectivity index (χ0) is 13.7. The van der Waals surface area contributed by atoms with Crippen molar-refractivity contribution in [3.63, 3.8) is 0 Å². The van der Waals surface area contributed by atoms with Crippen molar-refractivity contribution in [2.24, 2.45) is 0 Å². The van der Waals surface area contributed by atoms with Crippen molar-refractivity contribution in [1.29, 1.82) is 0 Å². The number of nitrogens with one attached hydrogen (secondary N) is 1. The third kappa shape index (κ3) is 3.67. The molecule has 2 heterocycles. The molecule has 0 bridgehead atoms. The van der Waals surface area contributed by atoms with E-state index in [-0.39, 0.29) is 0 Å². The van der Waals surface area contributed by atoms with E-state index in [4.69, 9.17) is 0 Å². The van der Waals surface area contributed by atoms with Crippen LogP contribution in [0.15, 0.2) is 18.3 Å². The highest BCUT2D eigenvalue weighted by Gasteiger charge is 2.24. The fourth-order valence-corrected chi connectivity index (χ4v) is 2.88. The Hall–Kier alpha value is -1.13. The number of likely N-dealkylation sites (tertiary alicyclic amines) is 1. The molecule has 1 aliphatic heterocycles. The van der Waals surface area contributed by atoms with Gasteiger partial charge in [-0.1, -0.05) is 13.0 Å². The van der Waals surface area contributed by atoms with Crippen LogP contribution in [-0.4, -0.2) is 49.7 Å². The molecule has 1 N–H and O–H groups in total. The summed E-state index contributed by atoms with van der Waals surface area (Å²) in [4.78, 5) is 9.41. The van der Waals surface area contributed by atoms with Gasteiger partial charge in [0.25, 0.3) is 0 Å². The lowest BCUT2D eigenvalue weighted by Crippen LogP contribution is -2.39. The van der Waals surface area contributed by atoms with Crippen molar-refractivity contribution in [3.05, 3.63) is 23.9 Å². The Morgan fingerprint density at radius 2 is 2.32 bits per heavy atom. The maximum Gasteiger partial charge on any atom is 0.128 e. The molecule has 0 radical (unpaired) electrons. The highest BCUT2D eigenvalue weighted by Crippen LogP contribution is 2.19. The Morgan fingerprint density at radius 3 is 2.95 bits per heavy atom. The molecule has 0 saturated carbocycles. The maximum absolute atomic E-state index is 4.56. The number of aromatic nitrogens is 1. The zero-order valence-electron chi connectivity index (χ0n) is 12.4. The summed E-state index contributed by atoms with van der Waals surface area (Å²) in [7, 11) is 4.10. The minimum atomic E-state index is 0.689. The van der Waals surface area contributed by atoms with Gasteiger partial charge in [-0.3, -0.25) is 4.90 Å². The largest absolute Gasteiger partial charge is 0.358 e. The molecule has 4 nitrogen and oxygen atoms in total. The summed E-state index contributed by atoms with van der Waals surface area (Å²) in [6.07, 6.45) is 4.62. The summed E-state index contributed by atoms with van der Waals surface area (Å²) >= 11 is 0. The van der Waals surface area contributed by atoms with Crippen LogP contribution in [0.25, 0.3) is 0 Å². The van der Waals surface area contributed by atoms with Crippen molar-refractivity contribution < 1.29 is 0 Å². The first-order chi connectivity index (χ1) is 9.24. The number of anilines is 1. The average Bonchev–Trinajstić information content (AvgIpc) is 2.87. The first-order valence-corrected chi connectivity index (χ1v) is 7.29. The SMILES string of the molecule is CCN1CCCC1CN(C)c1ccc(CNC)cn1. The summed E-state index contributed by atoms with van der Waals surface area (Å²) in [6.45, 7) is 6.62. The Bertz CT molecular complexity index is 376. The van der Waals surface area contributed by atoms with Crippen LogP contribution in [0.1, 0.15) is 25.3 Å². The number of hydrogen-bond donors (Lipinski definition) is 1. The molecule has 1 saturated heterocycles. The minimum absolute atomic E-state index is 0.689. The molecule has 1 atom stereocenters. The second-order valence-electron chi connectivity index (χ2n) is 5.36. The van der Waals surface area contributed by atoms with Crippen molar-refractivity contribution in [2.45, 2.75) is 32.4 Å². The van der Waals surface area contributed by atoms with Gasteiger partial charge in [-0.15, -0.1) is 0 Å². The van der Waals surface area contributed by atoms with Gasteiger partial charge in [0.1, 0.15) is 5.82 Å². The minimum Gasteiger partial charge on any atom is -0.358 e. The van der Waals surface area contributed by atoms with Crippen LogP contribution >= 0.6 is 0 Å². The topological polar surface area (TPSA) is 31.4 Å². The van der Waals surface area contributed by atoms with Gasteiger partial charge < -0.3 is 10.2 Å². The smallest absolute Gasteiger partial charge is 0.128 e.